The summed E-state index contributed by atoms with van der Waals surface area (Å²) in [4.78, 5) is 11.8. The molecule has 1 aromatic rings. The Kier molecular flexibility index (Phi) is 3.75. The van der Waals surface area contributed by atoms with Crippen LogP contribution in [0.3, 0.4) is 0 Å². The van der Waals surface area contributed by atoms with Gasteiger partial charge >= 0.3 is 0 Å². The Labute approximate surface area is 96.8 Å². The van der Waals surface area contributed by atoms with Crippen LogP contribution in [0.15, 0.2) is 12.3 Å². The minimum Gasteiger partial charge on any atom is -0.299 e. The fourth-order valence-corrected chi connectivity index (χ4v) is 2.54. The summed E-state index contributed by atoms with van der Waals surface area (Å²) >= 11 is 0. The van der Waals surface area contributed by atoms with Gasteiger partial charge in [-0.25, -0.2) is 0 Å². The third kappa shape index (κ3) is 2.71. The molecular formula is C13H20N2O. The molecule has 0 atom stereocenters. The topological polar surface area (TPSA) is 34.9 Å². The van der Waals surface area contributed by atoms with Crippen molar-refractivity contribution in [2.45, 2.75) is 44.9 Å². The van der Waals surface area contributed by atoms with Crippen molar-refractivity contribution in [3.05, 3.63) is 18.0 Å². The van der Waals surface area contributed by atoms with Crippen LogP contribution in [0.4, 0.5) is 0 Å². The molecule has 0 radical (unpaired) electrons. The van der Waals surface area contributed by atoms with Crippen LogP contribution in [0.1, 0.15) is 44.2 Å². The van der Waals surface area contributed by atoms with E-state index in [0.29, 0.717) is 11.7 Å². The van der Waals surface area contributed by atoms with Crippen LogP contribution < -0.4 is 0 Å². The van der Waals surface area contributed by atoms with Gasteiger partial charge in [-0.1, -0.05) is 12.8 Å². The Bertz CT molecular complexity index is 351. The molecule has 0 amide bonds. The zero-order valence-electron chi connectivity index (χ0n) is 9.98. The molecule has 1 aliphatic rings. The molecule has 0 spiro atoms. The van der Waals surface area contributed by atoms with Crippen LogP contribution in [-0.2, 0) is 18.3 Å². The van der Waals surface area contributed by atoms with E-state index in [4.69, 9.17) is 0 Å². The van der Waals surface area contributed by atoms with E-state index in [9.17, 15) is 4.79 Å². The second-order valence-electron chi connectivity index (χ2n) is 4.75. The first kappa shape index (κ1) is 11.4. The normalized spacial score (nSPS) is 16.8. The fourth-order valence-electron chi connectivity index (χ4n) is 2.54. The van der Waals surface area contributed by atoms with Crippen molar-refractivity contribution in [2.24, 2.45) is 13.0 Å². The Morgan fingerprint density at radius 2 is 2.25 bits per heavy atom. The van der Waals surface area contributed by atoms with Gasteiger partial charge in [0.05, 0.1) is 0 Å². The number of aryl methyl sites for hydroxylation is 2. The molecule has 1 aliphatic carbocycles. The predicted octanol–water partition coefficient (Wildman–Crippen LogP) is 2.50. The van der Waals surface area contributed by atoms with Gasteiger partial charge < -0.3 is 0 Å². The van der Waals surface area contributed by atoms with Gasteiger partial charge in [0.15, 0.2) is 0 Å². The lowest BCUT2D eigenvalue weighted by atomic mass is 9.98. The SMILES string of the molecule is Cn1nccc1CCCC(=O)C1CCCC1. The summed E-state index contributed by atoms with van der Waals surface area (Å²) in [6.45, 7) is 0. The quantitative estimate of drug-likeness (QED) is 0.764. The molecule has 0 unspecified atom stereocenters. The van der Waals surface area contributed by atoms with Gasteiger partial charge in [0.2, 0.25) is 0 Å². The second kappa shape index (κ2) is 5.28. The fraction of sp³-hybridized carbons (Fsp3) is 0.692. The summed E-state index contributed by atoms with van der Waals surface area (Å²) in [7, 11) is 1.95. The first-order valence-electron chi connectivity index (χ1n) is 6.27. The van der Waals surface area contributed by atoms with Crippen molar-refractivity contribution in [3.8, 4) is 0 Å². The molecule has 2 rings (SSSR count). The van der Waals surface area contributed by atoms with Crippen molar-refractivity contribution >= 4 is 5.78 Å². The lowest BCUT2D eigenvalue weighted by Crippen LogP contribution is -2.11. The molecule has 0 saturated heterocycles. The zero-order chi connectivity index (χ0) is 11.4. The molecule has 0 N–H and O–H groups in total. The van der Waals surface area contributed by atoms with E-state index < -0.39 is 0 Å². The van der Waals surface area contributed by atoms with Crippen molar-refractivity contribution in [3.63, 3.8) is 0 Å². The summed E-state index contributed by atoms with van der Waals surface area (Å²) in [5, 5.41) is 4.12. The number of carbonyl (C=O) groups is 1. The third-order valence-corrected chi connectivity index (χ3v) is 3.59. The lowest BCUT2D eigenvalue weighted by molar-refractivity contribution is -0.122. The molecule has 3 heteroatoms. The Morgan fingerprint density at radius 1 is 1.50 bits per heavy atom. The molecule has 16 heavy (non-hydrogen) atoms. The maximum Gasteiger partial charge on any atom is 0.135 e. The molecule has 88 valence electrons. The van der Waals surface area contributed by atoms with Crippen molar-refractivity contribution in [2.75, 3.05) is 0 Å². The number of Topliss-reactive ketones (excluding diaryl/α,β-unsaturated/α-hetero) is 1. The number of carbonyl (C=O) groups excluding carboxylic acids is 1. The monoisotopic (exact) mass is 220 g/mol. The van der Waals surface area contributed by atoms with E-state index in [2.05, 4.69) is 5.10 Å². The lowest BCUT2D eigenvalue weighted by Gasteiger charge is -2.07. The predicted molar refractivity (Wildman–Crippen MR) is 63.1 cm³/mol. The zero-order valence-corrected chi connectivity index (χ0v) is 9.98. The van der Waals surface area contributed by atoms with Crippen molar-refractivity contribution in [1.82, 2.24) is 9.78 Å². The molecule has 1 fully saturated rings. The molecule has 3 nitrogen and oxygen atoms in total. The molecule has 1 heterocycles. The highest BCUT2D eigenvalue weighted by atomic mass is 16.1. The number of hydrogen-bond donors (Lipinski definition) is 0. The standard InChI is InChI=1S/C13H20N2O/c1-15-12(9-10-14-15)7-4-8-13(16)11-5-2-3-6-11/h9-11H,2-8H2,1H3. The highest BCUT2D eigenvalue weighted by Gasteiger charge is 2.21. The average Bonchev–Trinajstić information content (AvgIpc) is 2.90. The van der Waals surface area contributed by atoms with E-state index in [0.717, 1.165) is 32.1 Å². The van der Waals surface area contributed by atoms with E-state index in [1.165, 1.54) is 18.5 Å². The van der Waals surface area contributed by atoms with E-state index in [1.54, 1.807) is 0 Å². The Morgan fingerprint density at radius 3 is 2.88 bits per heavy atom. The summed E-state index contributed by atoms with van der Waals surface area (Å²) in [6.07, 6.45) is 9.25. The second-order valence-corrected chi connectivity index (χ2v) is 4.75. The molecular weight excluding hydrogens is 200 g/mol. The van der Waals surface area contributed by atoms with E-state index in [1.807, 2.05) is 24.0 Å². The minimum absolute atomic E-state index is 0.381. The number of hydrogen-bond acceptors (Lipinski definition) is 2. The minimum atomic E-state index is 0.381. The first-order chi connectivity index (χ1) is 7.77. The smallest absolute Gasteiger partial charge is 0.135 e. The summed E-state index contributed by atoms with van der Waals surface area (Å²) in [6, 6.07) is 2.03. The van der Waals surface area contributed by atoms with Crippen molar-refractivity contribution < 1.29 is 4.79 Å². The van der Waals surface area contributed by atoms with Gasteiger partial charge in [-0.2, -0.15) is 5.10 Å². The van der Waals surface area contributed by atoms with Crippen LogP contribution in [0.25, 0.3) is 0 Å². The van der Waals surface area contributed by atoms with Gasteiger partial charge in [0.25, 0.3) is 0 Å². The molecule has 0 bridgehead atoms. The van der Waals surface area contributed by atoms with Crippen LogP contribution in [0, 0.1) is 5.92 Å². The van der Waals surface area contributed by atoms with Crippen LogP contribution >= 0.6 is 0 Å². The maximum atomic E-state index is 11.8. The highest BCUT2D eigenvalue weighted by molar-refractivity contribution is 5.81. The summed E-state index contributed by atoms with van der Waals surface area (Å²) in [5.41, 5.74) is 1.22. The van der Waals surface area contributed by atoms with E-state index >= 15 is 0 Å². The number of ketones is 1. The van der Waals surface area contributed by atoms with Crippen LogP contribution in [0.2, 0.25) is 0 Å². The van der Waals surface area contributed by atoms with Crippen molar-refractivity contribution in [1.29, 1.82) is 0 Å². The maximum absolute atomic E-state index is 11.8. The third-order valence-electron chi connectivity index (χ3n) is 3.59. The number of aromatic nitrogens is 2. The largest absolute Gasteiger partial charge is 0.299 e. The van der Waals surface area contributed by atoms with E-state index in [-0.39, 0.29) is 0 Å². The molecule has 0 aliphatic heterocycles. The van der Waals surface area contributed by atoms with Crippen LogP contribution in [-0.4, -0.2) is 15.6 Å². The first-order valence-corrected chi connectivity index (χ1v) is 6.27. The average molecular weight is 220 g/mol. The molecule has 1 saturated carbocycles. The number of rotatable bonds is 5. The molecule has 1 aromatic heterocycles. The highest BCUT2D eigenvalue weighted by Crippen LogP contribution is 2.26. The number of nitrogens with zero attached hydrogens (tertiary/aromatic N) is 2. The van der Waals surface area contributed by atoms with Crippen LogP contribution in [0.5, 0.6) is 0 Å². The Balaban J connectivity index is 1.71. The molecule has 0 aromatic carbocycles. The Hall–Kier alpha value is -1.12. The van der Waals surface area contributed by atoms with Gasteiger partial charge in [-0.15, -0.1) is 0 Å². The van der Waals surface area contributed by atoms with Gasteiger partial charge in [0.1, 0.15) is 5.78 Å². The van der Waals surface area contributed by atoms with Gasteiger partial charge in [-0.05, 0) is 31.7 Å². The van der Waals surface area contributed by atoms with Gasteiger partial charge in [0, 0.05) is 31.3 Å². The summed E-state index contributed by atoms with van der Waals surface area (Å²) < 4.78 is 1.89. The summed E-state index contributed by atoms with van der Waals surface area (Å²) in [5.74, 6) is 0.867. The van der Waals surface area contributed by atoms with Gasteiger partial charge in [-0.3, -0.25) is 9.48 Å².